The fourth-order valence-electron chi connectivity index (χ4n) is 1.82. The fraction of sp³-hybridized carbons (Fsp3) is 0.333. The summed E-state index contributed by atoms with van der Waals surface area (Å²) in [7, 11) is 0. The Balaban J connectivity index is 2.23. The van der Waals surface area contributed by atoms with Gasteiger partial charge in [-0.05, 0) is 12.0 Å². The van der Waals surface area contributed by atoms with E-state index in [2.05, 4.69) is 10.1 Å². The number of nitrogens with zero attached hydrogens (tertiary/aromatic N) is 3. The predicted octanol–water partition coefficient (Wildman–Crippen LogP) is 1.96. The minimum Gasteiger partial charge on any atom is -0.386 e. The highest BCUT2D eigenvalue weighted by atomic mass is 16.3. The van der Waals surface area contributed by atoms with Gasteiger partial charge in [0.1, 0.15) is 18.8 Å². The normalized spacial score (nSPS) is 14.6. The summed E-state index contributed by atoms with van der Waals surface area (Å²) >= 11 is 0. The first-order valence-corrected chi connectivity index (χ1v) is 5.40. The van der Waals surface area contributed by atoms with Crippen LogP contribution in [0, 0.1) is 0 Å². The number of hydrogen-bond acceptors (Lipinski definition) is 3. The van der Waals surface area contributed by atoms with E-state index in [1.807, 2.05) is 37.3 Å². The average molecular weight is 217 g/mol. The first-order valence-electron chi connectivity index (χ1n) is 5.40. The summed E-state index contributed by atoms with van der Waals surface area (Å²) < 4.78 is 1.71. The molecule has 0 bridgehead atoms. The average Bonchev–Trinajstić information content (AvgIpc) is 2.85. The Labute approximate surface area is 94.6 Å². The van der Waals surface area contributed by atoms with E-state index in [9.17, 15) is 5.11 Å². The molecule has 4 nitrogen and oxygen atoms in total. The van der Waals surface area contributed by atoms with Crippen LogP contribution < -0.4 is 0 Å². The van der Waals surface area contributed by atoms with E-state index >= 15 is 0 Å². The monoisotopic (exact) mass is 217 g/mol. The number of hydrogen-bond donors (Lipinski definition) is 1. The van der Waals surface area contributed by atoms with E-state index in [-0.39, 0.29) is 6.04 Å². The number of aliphatic hydroxyl groups excluding tert-OH is 1. The maximum Gasteiger partial charge on any atom is 0.137 e. The molecule has 1 N–H and O–H groups in total. The summed E-state index contributed by atoms with van der Waals surface area (Å²) in [5.74, 6) is 0. The Morgan fingerprint density at radius 1 is 1.31 bits per heavy atom. The van der Waals surface area contributed by atoms with Gasteiger partial charge in [-0.1, -0.05) is 37.3 Å². The van der Waals surface area contributed by atoms with Gasteiger partial charge in [-0.15, -0.1) is 0 Å². The molecule has 0 spiro atoms. The van der Waals surface area contributed by atoms with Crippen LogP contribution in [0.15, 0.2) is 43.0 Å². The molecular formula is C12H15N3O. The van der Waals surface area contributed by atoms with Gasteiger partial charge in [-0.2, -0.15) is 5.10 Å². The highest BCUT2D eigenvalue weighted by Gasteiger charge is 2.21. The van der Waals surface area contributed by atoms with Gasteiger partial charge in [0.2, 0.25) is 0 Å². The first-order chi connectivity index (χ1) is 7.83. The van der Waals surface area contributed by atoms with Gasteiger partial charge < -0.3 is 5.11 Å². The molecule has 0 amide bonds. The van der Waals surface area contributed by atoms with Crippen molar-refractivity contribution in [2.24, 2.45) is 0 Å². The van der Waals surface area contributed by atoms with Crippen molar-refractivity contribution in [3.8, 4) is 0 Å². The molecule has 2 rings (SSSR count). The van der Waals surface area contributed by atoms with Crippen molar-refractivity contribution in [2.75, 3.05) is 0 Å². The standard InChI is InChI=1S/C12H15N3O/c1-2-11(15-9-13-8-14-15)12(16)10-6-4-3-5-7-10/h3-9,11-12,16H,2H2,1H3. The topological polar surface area (TPSA) is 50.9 Å². The summed E-state index contributed by atoms with van der Waals surface area (Å²) in [6.45, 7) is 2.03. The van der Waals surface area contributed by atoms with Crippen molar-refractivity contribution in [2.45, 2.75) is 25.5 Å². The third-order valence-electron chi connectivity index (χ3n) is 2.70. The maximum atomic E-state index is 10.3. The molecule has 0 radical (unpaired) electrons. The lowest BCUT2D eigenvalue weighted by Gasteiger charge is -2.21. The maximum absolute atomic E-state index is 10.3. The zero-order valence-corrected chi connectivity index (χ0v) is 9.19. The minimum absolute atomic E-state index is 0.0649. The van der Waals surface area contributed by atoms with Gasteiger partial charge in [-0.25, -0.2) is 9.67 Å². The molecule has 16 heavy (non-hydrogen) atoms. The van der Waals surface area contributed by atoms with Crippen LogP contribution >= 0.6 is 0 Å². The molecule has 0 aliphatic carbocycles. The largest absolute Gasteiger partial charge is 0.386 e. The van der Waals surface area contributed by atoms with E-state index in [1.165, 1.54) is 6.33 Å². The highest BCUT2D eigenvalue weighted by molar-refractivity contribution is 5.18. The third kappa shape index (κ3) is 2.12. The molecule has 1 heterocycles. The first kappa shape index (κ1) is 10.8. The molecule has 2 atom stereocenters. The number of aliphatic hydroxyl groups is 1. The lowest BCUT2D eigenvalue weighted by Crippen LogP contribution is -2.17. The van der Waals surface area contributed by atoms with E-state index < -0.39 is 6.10 Å². The second-order valence-electron chi connectivity index (χ2n) is 3.71. The molecule has 1 aromatic carbocycles. The van der Waals surface area contributed by atoms with Gasteiger partial charge in [-0.3, -0.25) is 0 Å². The van der Waals surface area contributed by atoms with E-state index in [1.54, 1.807) is 11.0 Å². The van der Waals surface area contributed by atoms with Crippen LogP contribution in [-0.4, -0.2) is 19.9 Å². The Bertz CT molecular complexity index is 413. The van der Waals surface area contributed by atoms with E-state index in [0.717, 1.165) is 12.0 Å². The summed E-state index contributed by atoms with van der Waals surface area (Å²) in [4.78, 5) is 3.91. The van der Waals surface area contributed by atoms with E-state index in [0.29, 0.717) is 0 Å². The highest BCUT2D eigenvalue weighted by Crippen LogP contribution is 2.27. The SMILES string of the molecule is CCC(C(O)c1ccccc1)n1cncn1. The van der Waals surface area contributed by atoms with Crippen molar-refractivity contribution >= 4 is 0 Å². The van der Waals surface area contributed by atoms with Crippen molar-refractivity contribution < 1.29 is 5.11 Å². The van der Waals surface area contributed by atoms with Crippen LogP contribution in [0.4, 0.5) is 0 Å². The van der Waals surface area contributed by atoms with Crippen molar-refractivity contribution in [3.63, 3.8) is 0 Å². The van der Waals surface area contributed by atoms with Gasteiger partial charge in [0.25, 0.3) is 0 Å². The van der Waals surface area contributed by atoms with Gasteiger partial charge >= 0.3 is 0 Å². The number of benzene rings is 1. The van der Waals surface area contributed by atoms with Crippen molar-refractivity contribution in [1.29, 1.82) is 0 Å². The summed E-state index contributed by atoms with van der Waals surface area (Å²) in [5, 5.41) is 14.3. The smallest absolute Gasteiger partial charge is 0.137 e. The quantitative estimate of drug-likeness (QED) is 0.851. The third-order valence-corrected chi connectivity index (χ3v) is 2.70. The lowest BCUT2D eigenvalue weighted by molar-refractivity contribution is 0.103. The van der Waals surface area contributed by atoms with Crippen LogP contribution in [0.5, 0.6) is 0 Å². The second kappa shape index (κ2) is 4.90. The summed E-state index contributed by atoms with van der Waals surface area (Å²) in [6, 6.07) is 9.56. The van der Waals surface area contributed by atoms with Crippen molar-refractivity contribution in [3.05, 3.63) is 48.5 Å². The summed E-state index contributed by atoms with van der Waals surface area (Å²) in [5.41, 5.74) is 0.907. The van der Waals surface area contributed by atoms with Gasteiger partial charge in [0.15, 0.2) is 0 Å². The zero-order chi connectivity index (χ0) is 11.4. The number of aromatic nitrogens is 3. The number of rotatable bonds is 4. The molecule has 4 heteroatoms. The van der Waals surface area contributed by atoms with Crippen LogP contribution in [0.25, 0.3) is 0 Å². The Morgan fingerprint density at radius 3 is 2.62 bits per heavy atom. The molecule has 1 aromatic heterocycles. The predicted molar refractivity (Wildman–Crippen MR) is 60.8 cm³/mol. The Morgan fingerprint density at radius 2 is 2.06 bits per heavy atom. The van der Waals surface area contributed by atoms with E-state index in [4.69, 9.17) is 0 Å². The molecule has 2 aromatic rings. The molecule has 84 valence electrons. The molecular weight excluding hydrogens is 202 g/mol. The Kier molecular flexibility index (Phi) is 3.31. The Hall–Kier alpha value is -1.68. The van der Waals surface area contributed by atoms with Crippen molar-refractivity contribution in [1.82, 2.24) is 14.8 Å². The molecule has 0 fully saturated rings. The molecule has 0 aliphatic heterocycles. The fourth-order valence-corrected chi connectivity index (χ4v) is 1.82. The molecule has 0 saturated heterocycles. The molecule has 0 saturated carbocycles. The van der Waals surface area contributed by atoms with Crippen LogP contribution in [0.3, 0.4) is 0 Å². The van der Waals surface area contributed by atoms with Gasteiger partial charge in [0.05, 0.1) is 6.04 Å². The molecule has 0 aliphatic rings. The van der Waals surface area contributed by atoms with Crippen LogP contribution in [0.2, 0.25) is 0 Å². The zero-order valence-electron chi connectivity index (χ0n) is 9.19. The summed E-state index contributed by atoms with van der Waals surface area (Å²) in [6.07, 6.45) is 3.38. The van der Waals surface area contributed by atoms with Crippen LogP contribution in [0.1, 0.15) is 31.1 Å². The van der Waals surface area contributed by atoms with Crippen LogP contribution in [-0.2, 0) is 0 Å². The lowest BCUT2D eigenvalue weighted by atomic mass is 10.0. The molecule has 2 unspecified atom stereocenters. The minimum atomic E-state index is -0.548. The van der Waals surface area contributed by atoms with Gasteiger partial charge in [0, 0.05) is 0 Å². The second-order valence-corrected chi connectivity index (χ2v) is 3.71.